The highest BCUT2D eigenvalue weighted by molar-refractivity contribution is 7.99. The fourth-order valence-corrected chi connectivity index (χ4v) is 4.49. The Bertz CT molecular complexity index is 511. The van der Waals surface area contributed by atoms with E-state index in [4.69, 9.17) is 0 Å². The van der Waals surface area contributed by atoms with Gasteiger partial charge in [0.1, 0.15) is 6.04 Å². The van der Waals surface area contributed by atoms with E-state index in [1.165, 1.54) is 0 Å². The zero-order valence-electron chi connectivity index (χ0n) is 13.5. The van der Waals surface area contributed by atoms with E-state index in [0.717, 1.165) is 55.8 Å². The molecular weight excluding hydrogens is 308 g/mol. The van der Waals surface area contributed by atoms with Crippen LogP contribution < -0.4 is 5.32 Å². The fraction of sp³-hybridized carbons (Fsp3) is 0.611. The number of hydrogen-bond acceptors (Lipinski definition) is 4. The lowest BCUT2D eigenvalue weighted by Gasteiger charge is -2.34. The van der Waals surface area contributed by atoms with Crippen molar-refractivity contribution >= 4 is 17.7 Å². The van der Waals surface area contributed by atoms with Gasteiger partial charge in [-0.15, -0.1) is 0 Å². The summed E-state index contributed by atoms with van der Waals surface area (Å²) in [6.45, 7) is 2.24. The summed E-state index contributed by atoms with van der Waals surface area (Å²) in [5, 5.41) is 13.5. The minimum Gasteiger partial charge on any atom is -0.388 e. The van der Waals surface area contributed by atoms with E-state index < -0.39 is 5.60 Å². The third-order valence-corrected chi connectivity index (χ3v) is 5.84. The quantitative estimate of drug-likeness (QED) is 0.867. The maximum absolute atomic E-state index is 12.9. The SMILES string of the molecule is O=C(NCC1(O)CCCC1)C(c1ccccc1)N1CCSCC1. The van der Waals surface area contributed by atoms with Crippen LogP contribution in [-0.2, 0) is 4.79 Å². The minimum atomic E-state index is -0.700. The predicted octanol–water partition coefficient (Wildman–Crippen LogP) is 2.20. The molecule has 2 fully saturated rings. The van der Waals surface area contributed by atoms with Crippen LogP contribution in [0.2, 0.25) is 0 Å². The molecule has 4 nitrogen and oxygen atoms in total. The van der Waals surface area contributed by atoms with Crippen molar-refractivity contribution in [2.75, 3.05) is 31.1 Å². The first-order valence-electron chi connectivity index (χ1n) is 8.55. The van der Waals surface area contributed by atoms with E-state index in [1.54, 1.807) is 0 Å². The molecule has 1 heterocycles. The average molecular weight is 334 g/mol. The van der Waals surface area contributed by atoms with Crippen LogP contribution in [-0.4, -0.2) is 52.7 Å². The molecule has 1 unspecified atom stereocenters. The van der Waals surface area contributed by atoms with Gasteiger partial charge in [-0.05, 0) is 18.4 Å². The Morgan fingerprint density at radius 3 is 2.52 bits per heavy atom. The number of hydrogen-bond donors (Lipinski definition) is 2. The monoisotopic (exact) mass is 334 g/mol. The zero-order valence-corrected chi connectivity index (χ0v) is 14.4. The normalized spacial score (nSPS) is 22.7. The lowest BCUT2D eigenvalue weighted by atomic mass is 10.0. The molecule has 1 aliphatic heterocycles. The van der Waals surface area contributed by atoms with E-state index in [1.807, 2.05) is 42.1 Å². The number of nitrogens with one attached hydrogen (secondary N) is 1. The van der Waals surface area contributed by atoms with Gasteiger partial charge in [0, 0.05) is 31.1 Å². The molecule has 2 N–H and O–H groups in total. The summed E-state index contributed by atoms with van der Waals surface area (Å²) in [5.74, 6) is 2.16. The Labute approximate surface area is 142 Å². The van der Waals surface area contributed by atoms with Gasteiger partial charge in [-0.25, -0.2) is 0 Å². The number of rotatable bonds is 5. The molecule has 1 aliphatic carbocycles. The summed E-state index contributed by atoms with van der Waals surface area (Å²) in [6, 6.07) is 9.75. The molecule has 5 heteroatoms. The van der Waals surface area contributed by atoms with Gasteiger partial charge in [0.05, 0.1) is 5.60 Å². The van der Waals surface area contributed by atoms with Crippen LogP contribution in [0.5, 0.6) is 0 Å². The van der Waals surface area contributed by atoms with E-state index >= 15 is 0 Å². The molecule has 0 bridgehead atoms. The predicted molar refractivity (Wildman–Crippen MR) is 94.5 cm³/mol. The van der Waals surface area contributed by atoms with Crippen molar-refractivity contribution in [3.05, 3.63) is 35.9 Å². The summed E-state index contributed by atoms with van der Waals surface area (Å²) in [5.41, 5.74) is 0.338. The molecular formula is C18H26N2O2S. The topological polar surface area (TPSA) is 52.6 Å². The first kappa shape index (κ1) is 16.8. The third kappa shape index (κ3) is 4.28. The number of aliphatic hydroxyl groups is 1. The molecule has 2 aliphatic rings. The molecule has 1 saturated carbocycles. The van der Waals surface area contributed by atoms with E-state index in [0.29, 0.717) is 6.54 Å². The highest BCUT2D eigenvalue weighted by atomic mass is 32.2. The van der Waals surface area contributed by atoms with E-state index in [2.05, 4.69) is 10.2 Å². The van der Waals surface area contributed by atoms with Crippen molar-refractivity contribution in [1.29, 1.82) is 0 Å². The Morgan fingerprint density at radius 1 is 1.22 bits per heavy atom. The fourth-order valence-electron chi connectivity index (χ4n) is 3.56. The van der Waals surface area contributed by atoms with Crippen LogP contribution in [0.15, 0.2) is 30.3 Å². The molecule has 0 radical (unpaired) electrons. The first-order valence-corrected chi connectivity index (χ1v) is 9.70. The number of amides is 1. The molecule has 1 aromatic carbocycles. The largest absolute Gasteiger partial charge is 0.388 e. The number of thioether (sulfide) groups is 1. The van der Waals surface area contributed by atoms with Crippen molar-refractivity contribution in [1.82, 2.24) is 10.2 Å². The summed E-state index contributed by atoms with van der Waals surface area (Å²) in [7, 11) is 0. The molecule has 1 atom stereocenters. The highest BCUT2D eigenvalue weighted by Crippen LogP contribution is 2.29. The molecule has 1 aromatic rings. The molecule has 126 valence electrons. The van der Waals surface area contributed by atoms with E-state index in [-0.39, 0.29) is 11.9 Å². The van der Waals surface area contributed by atoms with E-state index in [9.17, 15) is 9.90 Å². The standard InChI is InChI=1S/C18H26N2O2S/c21-17(19-14-18(22)8-4-5-9-18)16(15-6-2-1-3-7-15)20-10-12-23-13-11-20/h1-3,6-7,16,22H,4-5,8-14H2,(H,19,21). The summed E-state index contributed by atoms with van der Waals surface area (Å²) in [6.07, 6.45) is 3.70. The molecule has 0 spiro atoms. The van der Waals surface area contributed by atoms with Gasteiger partial charge in [0.2, 0.25) is 5.91 Å². The number of carbonyl (C=O) groups excluding carboxylic acids is 1. The minimum absolute atomic E-state index is 0.0171. The third-order valence-electron chi connectivity index (χ3n) is 4.90. The van der Waals surface area contributed by atoms with Gasteiger partial charge < -0.3 is 10.4 Å². The van der Waals surface area contributed by atoms with Crippen molar-refractivity contribution in [2.24, 2.45) is 0 Å². The second-order valence-corrected chi connectivity index (χ2v) is 7.84. The van der Waals surface area contributed by atoms with Crippen molar-refractivity contribution < 1.29 is 9.90 Å². The zero-order chi connectivity index (χ0) is 16.1. The van der Waals surface area contributed by atoms with Gasteiger partial charge in [0.25, 0.3) is 0 Å². The van der Waals surface area contributed by atoms with Gasteiger partial charge in [-0.2, -0.15) is 11.8 Å². The molecule has 1 amide bonds. The van der Waals surface area contributed by atoms with Crippen molar-refractivity contribution in [3.63, 3.8) is 0 Å². The van der Waals surface area contributed by atoms with Crippen LogP contribution in [0.25, 0.3) is 0 Å². The van der Waals surface area contributed by atoms with Crippen LogP contribution in [0.3, 0.4) is 0 Å². The molecule has 23 heavy (non-hydrogen) atoms. The summed E-state index contributed by atoms with van der Waals surface area (Å²) in [4.78, 5) is 15.1. The van der Waals surface area contributed by atoms with Gasteiger partial charge >= 0.3 is 0 Å². The van der Waals surface area contributed by atoms with Crippen LogP contribution in [0.4, 0.5) is 0 Å². The first-order chi connectivity index (χ1) is 11.2. The Balaban J connectivity index is 1.70. The lowest BCUT2D eigenvalue weighted by Crippen LogP contribution is -2.48. The van der Waals surface area contributed by atoms with Gasteiger partial charge in [-0.3, -0.25) is 9.69 Å². The van der Waals surface area contributed by atoms with Crippen LogP contribution in [0, 0.1) is 0 Å². The summed E-state index contributed by atoms with van der Waals surface area (Å²) >= 11 is 1.94. The molecule has 0 aromatic heterocycles. The Kier molecular flexibility index (Phi) is 5.62. The maximum Gasteiger partial charge on any atom is 0.242 e. The second-order valence-electron chi connectivity index (χ2n) is 6.61. The smallest absolute Gasteiger partial charge is 0.242 e. The average Bonchev–Trinajstić information content (AvgIpc) is 3.02. The molecule has 1 saturated heterocycles. The highest BCUT2D eigenvalue weighted by Gasteiger charge is 2.34. The van der Waals surface area contributed by atoms with Crippen LogP contribution in [0.1, 0.15) is 37.3 Å². The lowest BCUT2D eigenvalue weighted by molar-refractivity contribution is -0.127. The second kappa shape index (κ2) is 7.69. The maximum atomic E-state index is 12.9. The van der Waals surface area contributed by atoms with Gasteiger partial charge in [0.15, 0.2) is 0 Å². The van der Waals surface area contributed by atoms with Crippen molar-refractivity contribution in [2.45, 2.75) is 37.3 Å². The van der Waals surface area contributed by atoms with Gasteiger partial charge in [-0.1, -0.05) is 43.2 Å². The number of nitrogens with zero attached hydrogens (tertiary/aromatic N) is 1. The molecule has 3 rings (SSSR count). The van der Waals surface area contributed by atoms with Crippen molar-refractivity contribution in [3.8, 4) is 0 Å². The Morgan fingerprint density at radius 2 is 1.87 bits per heavy atom. The van der Waals surface area contributed by atoms with Crippen LogP contribution >= 0.6 is 11.8 Å². The Hall–Kier alpha value is -1.04. The number of carbonyl (C=O) groups is 1. The number of benzene rings is 1. The summed E-state index contributed by atoms with van der Waals surface area (Å²) < 4.78 is 0.